The number of aliphatic hydroxyl groups is 3. The van der Waals surface area contributed by atoms with E-state index in [0.717, 1.165) is 29.5 Å². The molecule has 4 unspecified atom stereocenters. The number of morpholine rings is 1. The number of hydrogen-bond donors (Lipinski definition) is 4. The Morgan fingerprint density at radius 2 is 1.82 bits per heavy atom. The molecule has 2 heterocycles. The molecule has 10 nitrogen and oxygen atoms in total. The van der Waals surface area contributed by atoms with Crippen LogP contribution in [0.2, 0.25) is 0 Å². The maximum Gasteiger partial charge on any atom is 0.250 e. The van der Waals surface area contributed by atoms with Crippen molar-refractivity contribution in [2.24, 2.45) is 0 Å². The number of nitrogens with one attached hydrogen (secondary N) is 1. The van der Waals surface area contributed by atoms with Crippen molar-refractivity contribution in [1.29, 1.82) is 5.26 Å². The van der Waals surface area contributed by atoms with E-state index in [2.05, 4.69) is 15.7 Å². The zero-order valence-electron chi connectivity index (χ0n) is 18.4. The van der Waals surface area contributed by atoms with Crippen LogP contribution in [-0.4, -0.2) is 87.6 Å². The number of hydrogen-bond acceptors (Lipinski definition) is 9. The van der Waals surface area contributed by atoms with E-state index in [4.69, 9.17) is 9.47 Å². The van der Waals surface area contributed by atoms with Gasteiger partial charge < -0.3 is 29.7 Å². The number of nitrogens with zero attached hydrogens (tertiary/aromatic N) is 2. The first-order chi connectivity index (χ1) is 16.3. The van der Waals surface area contributed by atoms with Crippen molar-refractivity contribution < 1.29 is 33.2 Å². The first-order valence-electron chi connectivity index (χ1n) is 10.9. The van der Waals surface area contributed by atoms with Crippen molar-refractivity contribution in [2.75, 3.05) is 44.4 Å². The minimum atomic E-state index is -4.20. The largest absolute Gasteiger partial charge is 0.388 e. The number of nitriles is 1. The Bertz CT molecular complexity index is 1200. The molecular weight excluding hydrogens is 462 g/mol. The fraction of sp³-hybridized carbons (Fsp3) is 0.435. The summed E-state index contributed by atoms with van der Waals surface area (Å²) in [5, 5.41) is 40.6. The molecule has 182 valence electrons. The van der Waals surface area contributed by atoms with E-state index in [9.17, 15) is 29.0 Å². The van der Waals surface area contributed by atoms with Crippen molar-refractivity contribution in [3.05, 3.63) is 46.9 Å². The number of aliphatic hydroxyl groups excluding tert-OH is 3. The van der Waals surface area contributed by atoms with Gasteiger partial charge in [-0.05, 0) is 40.6 Å². The van der Waals surface area contributed by atoms with Gasteiger partial charge in [0.25, 0.3) is 10.0 Å². The van der Waals surface area contributed by atoms with Gasteiger partial charge in [0.2, 0.25) is 0 Å². The molecule has 0 bridgehead atoms. The monoisotopic (exact) mass is 489 g/mol. The highest BCUT2D eigenvalue weighted by atomic mass is 32.2. The SMILES string of the molecule is N#CC(=Cc1ccc2cc(N3CCOCC3)ccc2c1)S(=O)(=O)NCC1OCC(O)C(O)C1O. The fourth-order valence-electron chi connectivity index (χ4n) is 4.00. The third kappa shape index (κ3) is 5.39. The van der Waals surface area contributed by atoms with Crippen molar-refractivity contribution in [3.63, 3.8) is 0 Å². The van der Waals surface area contributed by atoms with Gasteiger partial charge in [0.1, 0.15) is 24.4 Å². The van der Waals surface area contributed by atoms with E-state index in [0.29, 0.717) is 18.8 Å². The molecular formula is C23H27N3O7S. The van der Waals surface area contributed by atoms with E-state index in [-0.39, 0.29) is 13.2 Å². The zero-order chi connectivity index (χ0) is 24.3. The third-order valence-corrected chi connectivity index (χ3v) is 7.34. The van der Waals surface area contributed by atoms with Gasteiger partial charge in [-0.3, -0.25) is 0 Å². The van der Waals surface area contributed by atoms with Gasteiger partial charge in [-0.15, -0.1) is 0 Å². The Hall–Kier alpha value is -2.56. The van der Waals surface area contributed by atoms with E-state index in [1.54, 1.807) is 18.2 Å². The highest BCUT2D eigenvalue weighted by Crippen LogP contribution is 2.25. The van der Waals surface area contributed by atoms with Crippen molar-refractivity contribution >= 4 is 32.6 Å². The van der Waals surface area contributed by atoms with Gasteiger partial charge in [-0.2, -0.15) is 5.26 Å². The summed E-state index contributed by atoms with van der Waals surface area (Å²) in [6, 6.07) is 13.2. The van der Waals surface area contributed by atoms with Crippen LogP contribution >= 0.6 is 0 Å². The standard InChI is InChI=1S/C23H27N3O7S/c24-12-19(34(30,31)25-13-21-23(29)22(28)20(27)14-33-21)10-15-1-2-17-11-18(4-3-16(17)9-15)26-5-7-32-8-6-26/h1-4,9-11,20-23,25,27-29H,5-8,13-14H2. The van der Waals surface area contributed by atoms with Crippen LogP contribution in [0.1, 0.15) is 5.56 Å². The molecule has 2 saturated heterocycles. The van der Waals surface area contributed by atoms with E-state index in [1.165, 1.54) is 6.08 Å². The first kappa shape index (κ1) is 24.6. The number of benzene rings is 2. The second-order valence-electron chi connectivity index (χ2n) is 8.28. The summed E-state index contributed by atoms with van der Waals surface area (Å²) in [5.41, 5.74) is 1.63. The molecule has 0 aromatic heterocycles. The molecule has 2 aliphatic heterocycles. The van der Waals surface area contributed by atoms with Crippen LogP contribution in [-0.2, 0) is 19.5 Å². The number of ether oxygens (including phenoxy) is 2. The lowest BCUT2D eigenvalue weighted by atomic mass is 10.0. The van der Waals surface area contributed by atoms with Crippen LogP contribution in [0.5, 0.6) is 0 Å². The average Bonchev–Trinajstić information content (AvgIpc) is 2.85. The topological polar surface area (TPSA) is 152 Å². The summed E-state index contributed by atoms with van der Waals surface area (Å²) >= 11 is 0. The third-order valence-electron chi connectivity index (χ3n) is 6.00. The Morgan fingerprint density at radius 1 is 1.12 bits per heavy atom. The molecule has 0 spiro atoms. The molecule has 4 N–H and O–H groups in total. The molecule has 4 rings (SSSR count). The summed E-state index contributed by atoms with van der Waals surface area (Å²) in [4.78, 5) is 1.75. The number of anilines is 1. The van der Waals surface area contributed by atoms with E-state index in [1.807, 2.05) is 18.2 Å². The summed E-state index contributed by atoms with van der Waals surface area (Å²) < 4.78 is 38.2. The minimum Gasteiger partial charge on any atom is -0.388 e. The Labute approximate surface area is 197 Å². The maximum absolute atomic E-state index is 12.7. The van der Waals surface area contributed by atoms with Crippen LogP contribution in [0.15, 0.2) is 41.3 Å². The van der Waals surface area contributed by atoms with Gasteiger partial charge >= 0.3 is 0 Å². The molecule has 0 aliphatic carbocycles. The lowest BCUT2D eigenvalue weighted by Gasteiger charge is -2.35. The zero-order valence-corrected chi connectivity index (χ0v) is 19.2. The second kappa shape index (κ2) is 10.4. The van der Waals surface area contributed by atoms with Gasteiger partial charge in [0, 0.05) is 25.3 Å². The highest BCUT2D eigenvalue weighted by Gasteiger charge is 2.38. The fourth-order valence-corrected chi connectivity index (χ4v) is 4.95. The Kier molecular flexibility index (Phi) is 7.49. The lowest BCUT2D eigenvalue weighted by molar-refractivity contribution is -0.184. The predicted octanol–water partition coefficient (Wildman–Crippen LogP) is -0.0582. The van der Waals surface area contributed by atoms with E-state index >= 15 is 0 Å². The van der Waals surface area contributed by atoms with Crippen LogP contribution in [0.4, 0.5) is 5.69 Å². The quantitative estimate of drug-likeness (QED) is 0.409. The normalized spacial score (nSPS) is 26.4. The molecule has 0 amide bonds. The van der Waals surface area contributed by atoms with Crippen LogP contribution < -0.4 is 9.62 Å². The number of sulfonamides is 1. The van der Waals surface area contributed by atoms with E-state index < -0.39 is 39.3 Å². The van der Waals surface area contributed by atoms with Crippen molar-refractivity contribution in [2.45, 2.75) is 24.4 Å². The first-order valence-corrected chi connectivity index (χ1v) is 12.4. The maximum atomic E-state index is 12.7. The van der Waals surface area contributed by atoms with Crippen molar-refractivity contribution in [1.82, 2.24) is 4.72 Å². The van der Waals surface area contributed by atoms with Crippen LogP contribution in [0.3, 0.4) is 0 Å². The van der Waals surface area contributed by atoms with Crippen LogP contribution in [0.25, 0.3) is 16.8 Å². The predicted molar refractivity (Wildman–Crippen MR) is 125 cm³/mol. The van der Waals surface area contributed by atoms with Crippen LogP contribution in [0, 0.1) is 11.3 Å². The molecule has 0 saturated carbocycles. The summed E-state index contributed by atoms with van der Waals surface area (Å²) in [7, 11) is -4.20. The Balaban J connectivity index is 1.49. The van der Waals surface area contributed by atoms with Gasteiger partial charge in [-0.25, -0.2) is 13.1 Å². The van der Waals surface area contributed by atoms with Crippen molar-refractivity contribution in [3.8, 4) is 6.07 Å². The molecule has 2 aromatic rings. The summed E-state index contributed by atoms with van der Waals surface area (Å²) in [6.45, 7) is 2.42. The van der Waals surface area contributed by atoms with Gasteiger partial charge in [-0.1, -0.05) is 18.2 Å². The molecule has 0 radical (unpaired) electrons. The second-order valence-corrected chi connectivity index (χ2v) is 10.0. The number of fused-ring (bicyclic) bond motifs is 1. The highest BCUT2D eigenvalue weighted by molar-refractivity contribution is 7.93. The average molecular weight is 490 g/mol. The number of rotatable bonds is 6. The summed E-state index contributed by atoms with van der Waals surface area (Å²) in [5.74, 6) is 0. The molecule has 4 atom stereocenters. The molecule has 11 heteroatoms. The van der Waals surface area contributed by atoms with Gasteiger partial charge in [0.05, 0.1) is 25.9 Å². The lowest BCUT2D eigenvalue weighted by Crippen LogP contribution is -2.56. The van der Waals surface area contributed by atoms with Gasteiger partial charge in [0.15, 0.2) is 4.91 Å². The Morgan fingerprint density at radius 3 is 2.56 bits per heavy atom. The summed E-state index contributed by atoms with van der Waals surface area (Å²) in [6.07, 6.45) is -3.96. The smallest absolute Gasteiger partial charge is 0.250 e. The molecule has 2 fully saturated rings. The molecule has 2 aliphatic rings. The molecule has 34 heavy (non-hydrogen) atoms. The molecule has 2 aromatic carbocycles. The minimum absolute atomic E-state index is 0.240. The number of allylic oxidation sites excluding steroid dienone is 1.